The number of hydrogen-bond donors (Lipinski definition) is 1. The van der Waals surface area contributed by atoms with Crippen LogP contribution in [-0.2, 0) is 13.0 Å². The van der Waals surface area contributed by atoms with Gasteiger partial charge in [-0.25, -0.2) is 4.39 Å². The molecular weight excluding hydrogens is 279 g/mol. The van der Waals surface area contributed by atoms with Gasteiger partial charge in [0, 0.05) is 16.8 Å². The molecule has 114 valence electrons. The van der Waals surface area contributed by atoms with E-state index in [2.05, 4.69) is 11.2 Å². The lowest BCUT2D eigenvalue weighted by Gasteiger charge is -2.23. The third-order valence-corrected chi connectivity index (χ3v) is 4.31. The Balaban J connectivity index is 2.15. The number of nitrogens with two attached hydrogens (primary N) is 1. The van der Waals surface area contributed by atoms with Gasteiger partial charge in [-0.2, -0.15) is 10.4 Å². The van der Waals surface area contributed by atoms with Crippen molar-refractivity contribution in [3.05, 3.63) is 41.3 Å². The molecule has 0 radical (unpaired) electrons. The number of benzene rings is 1. The highest BCUT2D eigenvalue weighted by atomic mass is 19.1. The topological polar surface area (TPSA) is 67.6 Å². The molecule has 3 rings (SSSR count). The predicted octanol–water partition coefficient (Wildman–Crippen LogP) is 2.98. The van der Waals surface area contributed by atoms with Crippen molar-refractivity contribution in [2.45, 2.75) is 38.1 Å². The molecule has 2 N–H and O–H groups in total. The lowest BCUT2D eigenvalue weighted by molar-refractivity contribution is 0.508. The number of halogens is 1. The van der Waals surface area contributed by atoms with E-state index in [0.29, 0.717) is 12.5 Å². The Hall–Kier alpha value is -2.19. The molecule has 1 aliphatic rings. The minimum atomic E-state index is -0.271. The zero-order chi connectivity index (χ0) is 15.5. The molecule has 1 aromatic heterocycles. The minimum Gasteiger partial charge on any atom is -0.330 e. The highest BCUT2D eigenvalue weighted by molar-refractivity contribution is 5.65. The maximum atomic E-state index is 13.6. The summed E-state index contributed by atoms with van der Waals surface area (Å²) in [7, 11) is 0. The fourth-order valence-corrected chi connectivity index (χ4v) is 3.40. The van der Waals surface area contributed by atoms with Crippen LogP contribution in [0.15, 0.2) is 24.3 Å². The summed E-state index contributed by atoms with van der Waals surface area (Å²) in [6, 6.07) is 8.66. The van der Waals surface area contributed by atoms with Crippen molar-refractivity contribution in [1.29, 1.82) is 5.26 Å². The molecular formula is C17H19FN4. The van der Waals surface area contributed by atoms with Crippen LogP contribution >= 0.6 is 0 Å². The largest absolute Gasteiger partial charge is 0.330 e. The first-order chi connectivity index (χ1) is 10.7. The molecule has 1 aliphatic carbocycles. The molecule has 0 spiro atoms. The zero-order valence-electron chi connectivity index (χ0n) is 12.4. The lowest BCUT2D eigenvalue weighted by Crippen LogP contribution is -2.15. The van der Waals surface area contributed by atoms with Gasteiger partial charge in [0.05, 0.1) is 11.8 Å². The van der Waals surface area contributed by atoms with E-state index in [4.69, 9.17) is 11.0 Å². The zero-order valence-corrected chi connectivity index (χ0v) is 12.4. The van der Waals surface area contributed by atoms with E-state index < -0.39 is 0 Å². The molecule has 0 aliphatic heterocycles. The monoisotopic (exact) mass is 298 g/mol. The highest BCUT2D eigenvalue weighted by Crippen LogP contribution is 2.40. The first-order valence-electron chi connectivity index (χ1n) is 7.67. The van der Waals surface area contributed by atoms with E-state index in [1.807, 2.05) is 6.07 Å². The van der Waals surface area contributed by atoms with Gasteiger partial charge in [0.15, 0.2) is 0 Å². The van der Waals surface area contributed by atoms with Gasteiger partial charge in [0.1, 0.15) is 12.4 Å². The summed E-state index contributed by atoms with van der Waals surface area (Å²) in [6.07, 6.45) is 3.97. The van der Waals surface area contributed by atoms with Crippen LogP contribution in [0.25, 0.3) is 11.3 Å². The molecule has 2 aromatic rings. The van der Waals surface area contributed by atoms with Crippen LogP contribution in [-0.4, -0.2) is 16.3 Å². The van der Waals surface area contributed by atoms with Gasteiger partial charge < -0.3 is 5.73 Å². The van der Waals surface area contributed by atoms with E-state index in [-0.39, 0.29) is 12.4 Å². The molecule has 1 heterocycles. The maximum absolute atomic E-state index is 13.6. The Morgan fingerprint density at radius 2 is 2.32 bits per heavy atom. The van der Waals surface area contributed by atoms with Gasteiger partial charge in [-0.3, -0.25) is 4.68 Å². The number of nitriles is 1. The van der Waals surface area contributed by atoms with Gasteiger partial charge in [-0.05, 0) is 50.3 Å². The maximum Gasteiger partial charge on any atom is 0.128 e. The number of rotatable bonds is 4. The van der Waals surface area contributed by atoms with Crippen LogP contribution in [0, 0.1) is 17.1 Å². The fourth-order valence-electron chi connectivity index (χ4n) is 3.40. The van der Waals surface area contributed by atoms with Crippen molar-refractivity contribution in [3.8, 4) is 17.3 Å². The van der Waals surface area contributed by atoms with Crippen molar-refractivity contribution < 1.29 is 4.39 Å². The molecule has 0 amide bonds. The van der Waals surface area contributed by atoms with Crippen molar-refractivity contribution in [2.75, 3.05) is 6.54 Å². The molecule has 22 heavy (non-hydrogen) atoms. The van der Waals surface area contributed by atoms with Gasteiger partial charge in [0.25, 0.3) is 0 Å². The summed E-state index contributed by atoms with van der Waals surface area (Å²) >= 11 is 0. The Bertz CT molecular complexity index is 714. The summed E-state index contributed by atoms with van der Waals surface area (Å²) < 4.78 is 15.4. The standard InChI is InChI=1S/C17H19FN4/c18-14-5-1-4-13(11-14)17-16-12(7-8-19)3-2-6-15(16)22(21-17)10-9-20/h1,4-5,11-12H,2-3,6-8,10,19H2. The Kier molecular flexibility index (Phi) is 4.21. The first-order valence-corrected chi connectivity index (χ1v) is 7.67. The Labute approximate surface area is 129 Å². The second-order valence-corrected chi connectivity index (χ2v) is 5.70. The lowest BCUT2D eigenvalue weighted by atomic mass is 9.82. The third kappa shape index (κ3) is 2.62. The molecule has 4 nitrogen and oxygen atoms in total. The van der Waals surface area contributed by atoms with E-state index in [1.54, 1.807) is 10.7 Å². The van der Waals surface area contributed by atoms with Crippen LogP contribution in [0.4, 0.5) is 4.39 Å². The molecule has 0 saturated carbocycles. The van der Waals surface area contributed by atoms with E-state index in [1.165, 1.54) is 12.1 Å². The average Bonchev–Trinajstić information content (AvgIpc) is 2.88. The predicted molar refractivity (Wildman–Crippen MR) is 82.6 cm³/mol. The second-order valence-electron chi connectivity index (χ2n) is 5.70. The Morgan fingerprint density at radius 1 is 1.45 bits per heavy atom. The quantitative estimate of drug-likeness (QED) is 0.943. The third-order valence-electron chi connectivity index (χ3n) is 4.31. The summed E-state index contributed by atoms with van der Waals surface area (Å²) in [5.41, 5.74) is 9.62. The molecule has 0 fully saturated rings. The van der Waals surface area contributed by atoms with Crippen LogP contribution in [0.1, 0.15) is 36.4 Å². The van der Waals surface area contributed by atoms with Gasteiger partial charge in [-0.15, -0.1) is 0 Å². The minimum absolute atomic E-state index is 0.229. The molecule has 0 bridgehead atoms. The molecule has 1 unspecified atom stereocenters. The van der Waals surface area contributed by atoms with E-state index in [9.17, 15) is 4.39 Å². The van der Waals surface area contributed by atoms with Gasteiger partial charge in [-0.1, -0.05) is 12.1 Å². The number of hydrogen-bond acceptors (Lipinski definition) is 3. The highest BCUT2D eigenvalue weighted by Gasteiger charge is 2.28. The van der Waals surface area contributed by atoms with E-state index in [0.717, 1.165) is 48.2 Å². The summed E-state index contributed by atoms with van der Waals surface area (Å²) in [4.78, 5) is 0. The summed E-state index contributed by atoms with van der Waals surface area (Å²) in [5, 5.41) is 13.6. The average molecular weight is 298 g/mol. The molecule has 1 atom stereocenters. The summed E-state index contributed by atoms with van der Waals surface area (Å²) in [5.74, 6) is 0.0757. The Morgan fingerprint density at radius 3 is 3.05 bits per heavy atom. The number of fused-ring (bicyclic) bond motifs is 1. The summed E-state index contributed by atoms with van der Waals surface area (Å²) in [6.45, 7) is 0.850. The smallest absolute Gasteiger partial charge is 0.128 e. The second kappa shape index (κ2) is 6.29. The van der Waals surface area contributed by atoms with Crippen LogP contribution < -0.4 is 5.73 Å². The first kappa shape index (κ1) is 14.7. The van der Waals surface area contributed by atoms with Crippen LogP contribution in [0.5, 0.6) is 0 Å². The molecule has 0 saturated heterocycles. The normalized spacial score (nSPS) is 17.0. The molecule has 5 heteroatoms. The van der Waals surface area contributed by atoms with E-state index >= 15 is 0 Å². The van der Waals surface area contributed by atoms with Crippen molar-refractivity contribution in [2.24, 2.45) is 5.73 Å². The van der Waals surface area contributed by atoms with Gasteiger partial charge >= 0.3 is 0 Å². The van der Waals surface area contributed by atoms with Gasteiger partial charge in [0.2, 0.25) is 0 Å². The number of nitrogens with zero attached hydrogens (tertiary/aromatic N) is 3. The fraction of sp³-hybridized carbons (Fsp3) is 0.412. The van der Waals surface area contributed by atoms with Crippen molar-refractivity contribution >= 4 is 0 Å². The SMILES string of the molecule is N#CCn1nc(-c2cccc(F)c2)c2c1CCCC2CCN. The van der Waals surface area contributed by atoms with Crippen LogP contribution in [0.3, 0.4) is 0 Å². The van der Waals surface area contributed by atoms with Crippen molar-refractivity contribution in [1.82, 2.24) is 9.78 Å². The van der Waals surface area contributed by atoms with Crippen molar-refractivity contribution in [3.63, 3.8) is 0 Å². The van der Waals surface area contributed by atoms with Crippen LogP contribution in [0.2, 0.25) is 0 Å². The number of aromatic nitrogens is 2. The molecule has 1 aromatic carbocycles.